The van der Waals surface area contributed by atoms with Gasteiger partial charge in [-0.3, -0.25) is 0 Å². The van der Waals surface area contributed by atoms with E-state index >= 15 is 0 Å². The van der Waals surface area contributed by atoms with Gasteiger partial charge in [0, 0.05) is 0 Å². The van der Waals surface area contributed by atoms with Gasteiger partial charge in [-0.15, -0.1) is 0 Å². The number of aryl methyl sites for hydroxylation is 1. The van der Waals surface area contributed by atoms with Gasteiger partial charge in [0.15, 0.2) is 6.20 Å². The minimum absolute atomic E-state index is 0.278. The average molecular weight is 169 g/mol. The summed E-state index contributed by atoms with van der Waals surface area (Å²) in [5.41, 5.74) is 1.04. The SMILES string of the molecule is COc1cc(CO)[n+]([O-])cc1C. The molecule has 0 bridgehead atoms. The van der Waals surface area contributed by atoms with Crippen molar-refractivity contribution in [3.8, 4) is 5.75 Å². The van der Waals surface area contributed by atoms with E-state index in [9.17, 15) is 5.21 Å². The third-order valence-corrected chi connectivity index (χ3v) is 1.66. The van der Waals surface area contributed by atoms with Gasteiger partial charge in [0.25, 0.3) is 0 Å². The molecule has 0 atom stereocenters. The van der Waals surface area contributed by atoms with Crippen LogP contribution >= 0.6 is 0 Å². The Morgan fingerprint density at radius 2 is 2.33 bits per heavy atom. The summed E-state index contributed by atoms with van der Waals surface area (Å²) in [6.07, 6.45) is 1.38. The van der Waals surface area contributed by atoms with E-state index in [0.717, 1.165) is 5.56 Å². The zero-order valence-electron chi connectivity index (χ0n) is 7.07. The van der Waals surface area contributed by atoms with Crippen molar-refractivity contribution in [2.75, 3.05) is 7.11 Å². The van der Waals surface area contributed by atoms with Crippen molar-refractivity contribution < 1.29 is 14.6 Å². The molecule has 1 rings (SSSR count). The molecule has 12 heavy (non-hydrogen) atoms. The lowest BCUT2D eigenvalue weighted by atomic mass is 10.2. The topological polar surface area (TPSA) is 56.4 Å². The smallest absolute Gasteiger partial charge is 0.221 e. The fourth-order valence-electron chi connectivity index (χ4n) is 0.986. The summed E-state index contributed by atoms with van der Waals surface area (Å²) < 4.78 is 5.62. The first kappa shape index (κ1) is 8.80. The van der Waals surface area contributed by atoms with Gasteiger partial charge in [0.05, 0.1) is 18.7 Å². The Labute approximate surface area is 70.6 Å². The number of hydrogen-bond acceptors (Lipinski definition) is 3. The molecule has 0 saturated heterocycles. The van der Waals surface area contributed by atoms with Crippen LogP contribution in [-0.4, -0.2) is 12.2 Å². The second-order valence-corrected chi connectivity index (χ2v) is 2.50. The van der Waals surface area contributed by atoms with Crippen molar-refractivity contribution in [3.05, 3.63) is 28.7 Å². The molecule has 0 unspecified atom stereocenters. The molecule has 66 valence electrons. The van der Waals surface area contributed by atoms with Crippen LogP contribution in [0.2, 0.25) is 0 Å². The molecule has 4 nitrogen and oxygen atoms in total. The summed E-state index contributed by atoms with van der Waals surface area (Å²) in [4.78, 5) is 0. The van der Waals surface area contributed by atoms with Crippen LogP contribution in [-0.2, 0) is 6.61 Å². The van der Waals surface area contributed by atoms with Crippen LogP contribution in [0.25, 0.3) is 0 Å². The van der Waals surface area contributed by atoms with Gasteiger partial charge in [-0.05, 0) is 6.92 Å². The molecular weight excluding hydrogens is 158 g/mol. The zero-order valence-corrected chi connectivity index (χ0v) is 7.07. The molecule has 0 aliphatic heterocycles. The summed E-state index contributed by atoms with van der Waals surface area (Å²) in [6.45, 7) is 1.49. The number of rotatable bonds is 2. The lowest BCUT2D eigenvalue weighted by Crippen LogP contribution is -2.31. The molecule has 1 N–H and O–H groups in total. The number of pyridine rings is 1. The van der Waals surface area contributed by atoms with Crippen LogP contribution in [0.4, 0.5) is 0 Å². The molecular formula is C8H11NO3. The van der Waals surface area contributed by atoms with E-state index in [-0.39, 0.29) is 12.3 Å². The molecule has 1 aromatic heterocycles. The lowest BCUT2D eigenvalue weighted by Gasteiger charge is -2.06. The highest BCUT2D eigenvalue weighted by atomic mass is 16.5. The van der Waals surface area contributed by atoms with E-state index in [4.69, 9.17) is 9.84 Å². The molecule has 0 aromatic carbocycles. The standard InChI is InChI=1S/C8H11NO3/c1-6-4-9(11)7(5-10)3-8(6)12-2/h3-4,10H,5H2,1-2H3. The van der Waals surface area contributed by atoms with Gasteiger partial charge in [-0.25, -0.2) is 0 Å². The first-order valence-corrected chi connectivity index (χ1v) is 3.56. The number of aromatic nitrogens is 1. The highest BCUT2D eigenvalue weighted by Gasteiger charge is 2.08. The molecule has 1 aromatic rings. The first-order chi connectivity index (χ1) is 5.69. The van der Waals surface area contributed by atoms with Crippen LogP contribution in [0.3, 0.4) is 0 Å². The molecule has 0 fully saturated rings. The number of methoxy groups -OCH3 is 1. The van der Waals surface area contributed by atoms with Crippen LogP contribution in [0.1, 0.15) is 11.3 Å². The Kier molecular flexibility index (Phi) is 2.50. The summed E-state index contributed by atoms with van der Waals surface area (Å²) in [7, 11) is 1.53. The maximum absolute atomic E-state index is 11.0. The van der Waals surface area contributed by atoms with E-state index in [0.29, 0.717) is 10.5 Å². The van der Waals surface area contributed by atoms with Crippen LogP contribution in [0.15, 0.2) is 12.3 Å². The number of hydrogen-bond donors (Lipinski definition) is 1. The Hall–Kier alpha value is -1.29. The van der Waals surface area contributed by atoms with Crippen molar-refractivity contribution in [1.29, 1.82) is 0 Å². The van der Waals surface area contributed by atoms with Crippen molar-refractivity contribution in [2.24, 2.45) is 0 Å². The number of nitrogens with zero attached hydrogens (tertiary/aromatic N) is 1. The molecule has 1 heterocycles. The normalized spacial score (nSPS) is 9.92. The van der Waals surface area contributed by atoms with Gasteiger partial charge >= 0.3 is 0 Å². The predicted octanol–water partition coefficient (Wildman–Crippen LogP) is 0.129. The molecule has 0 radical (unpaired) electrons. The van der Waals surface area contributed by atoms with Gasteiger partial charge < -0.3 is 15.1 Å². The highest BCUT2D eigenvalue weighted by Crippen LogP contribution is 2.15. The Morgan fingerprint density at radius 1 is 1.67 bits per heavy atom. The maximum Gasteiger partial charge on any atom is 0.221 e. The number of aliphatic hydroxyl groups is 1. The fourth-order valence-corrected chi connectivity index (χ4v) is 0.986. The third kappa shape index (κ3) is 1.48. The summed E-state index contributed by atoms with van der Waals surface area (Å²) in [6, 6.07) is 1.53. The average Bonchev–Trinajstić information content (AvgIpc) is 2.05. The van der Waals surface area contributed by atoms with E-state index in [2.05, 4.69) is 0 Å². The van der Waals surface area contributed by atoms with Crippen molar-refractivity contribution >= 4 is 0 Å². The number of ether oxygens (including phenoxy) is 1. The molecule has 0 amide bonds. The van der Waals surface area contributed by atoms with Crippen molar-refractivity contribution in [1.82, 2.24) is 0 Å². The largest absolute Gasteiger partial charge is 0.618 e. The Balaban J connectivity index is 3.18. The van der Waals surface area contributed by atoms with Crippen molar-refractivity contribution in [2.45, 2.75) is 13.5 Å². The zero-order chi connectivity index (χ0) is 9.14. The third-order valence-electron chi connectivity index (χ3n) is 1.66. The molecule has 0 aliphatic carbocycles. The monoisotopic (exact) mass is 169 g/mol. The van der Waals surface area contributed by atoms with Crippen LogP contribution in [0.5, 0.6) is 5.75 Å². The minimum Gasteiger partial charge on any atom is -0.618 e. The van der Waals surface area contributed by atoms with E-state index in [1.54, 1.807) is 6.92 Å². The highest BCUT2D eigenvalue weighted by molar-refractivity contribution is 5.29. The van der Waals surface area contributed by atoms with E-state index < -0.39 is 0 Å². The summed E-state index contributed by atoms with van der Waals surface area (Å²) >= 11 is 0. The summed E-state index contributed by atoms with van der Waals surface area (Å²) in [5, 5.41) is 19.8. The van der Waals surface area contributed by atoms with Gasteiger partial charge in [-0.2, -0.15) is 4.73 Å². The van der Waals surface area contributed by atoms with E-state index in [1.807, 2.05) is 0 Å². The minimum atomic E-state index is -0.278. The molecule has 0 spiro atoms. The predicted molar refractivity (Wildman–Crippen MR) is 42.6 cm³/mol. The van der Waals surface area contributed by atoms with E-state index in [1.165, 1.54) is 19.4 Å². The van der Waals surface area contributed by atoms with Crippen molar-refractivity contribution in [3.63, 3.8) is 0 Å². The van der Waals surface area contributed by atoms with Crippen LogP contribution < -0.4 is 9.47 Å². The van der Waals surface area contributed by atoms with Crippen LogP contribution in [0, 0.1) is 12.1 Å². The lowest BCUT2D eigenvalue weighted by molar-refractivity contribution is -0.616. The Bertz CT molecular complexity index is 261. The molecule has 0 saturated carbocycles. The Morgan fingerprint density at radius 3 is 2.83 bits per heavy atom. The molecule has 0 aliphatic rings. The quantitative estimate of drug-likeness (QED) is 0.505. The van der Waals surface area contributed by atoms with Gasteiger partial charge in [-0.1, -0.05) is 0 Å². The second-order valence-electron chi connectivity index (χ2n) is 2.50. The second kappa shape index (κ2) is 3.40. The van der Waals surface area contributed by atoms with Gasteiger partial charge in [0.2, 0.25) is 5.69 Å². The maximum atomic E-state index is 11.0. The fraction of sp³-hybridized carbons (Fsp3) is 0.375. The number of aliphatic hydroxyl groups excluding tert-OH is 1. The van der Waals surface area contributed by atoms with Gasteiger partial charge in [0.1, 0.15) is 12.4 Å². The first-order valence-electron chi connectivity index (χ1n) is 3.56. The summed E-state index contributed by atoms with van der Waals surface area (Å²) in [5.74, 6) is 0.617. The molecule has 4 heteroatoms.